The molecule has 18 heavy (non-hydrogen) atoms. The van der Waals surface area contributed by atoms with Gasteiger partial charge in [0, 0.05) is 16.1 Å². The minimum Gasteiger partial charge on any atom is -0.481 e. The lowest BCUT2D eigenvalue weighted by molar-refractivity contribution is -0.138. The van der Waals surface area contributed by atoms with Gasteiger partial charge < -0.3 is 5.11 Å². The topological polar surface area (TPSA) is 40.5 Å². The first-order valence-corrected chi connectivity index (χ1v) is 6.74. The lowest BCUT2D eigenvalue weighted by atomic mass is 10.0. The third-order valence-corrected chi connectivity index (χ3v) is 3.85. The molecule has 3 nitrogen and oxygen atoms in total. The van der Waals surface area contributed by atoms with Crippen LogP contribution in [0.5, 0.6) is 0 Å². The van der Waals surface area contributed by atoms with Gasteiger partial charge in [-0.3, -0.25) is 9.69 Å². The predicted molar refractivity (Wildman–Crippen MR) is 72.3 cm³/mol. The average Bonchev–Trinajstić information content (AvgIpc) is 2.82. The molecule has 0 saturated carbocycles. The Morgan fingerprint density at radius 1 is 1.33 bits per heavy atom. The van der Waals surface area contributed by atoms with Gasteiger partial charge in [0.15, 0.2) is 0 Å². The van der Waals surface area contributed by atoms with Gasteiger partial charge in [0.25, 0.3) is 0 Å². The quantitative estimate of drug-likeness (QED) is 0.920. The molecule has 0 amide bonds. The van der Waals surface area contributed by atoms with E-state index >= 15 is 0 Å². The van der Waals surface area contributed by atoms with E-state index in [-0.39, 0.29) is 12.5 Å². The van der Waals surface area contributed by atoms with Crippen molar-refractivity contribution < 1.29 is 9.90 Å². The van der Waals surface area contributed by atoms with E-state index in [4.69, 9.17) is 28.3 Å². The number of hydrogen-bond donors (Lipinski definition) is 1. The molecule has 1 heterocycles. The highest BCUT2D eigenvalue weighted by atomic mass is 35.5. The molecule has 1 fully saturated rings. The minimum atomic E-state index is -0.817. The van der Waals surface area contributed by atoms with Crippen LogP contribution >= 0.6 is 23.2 Å². The molecule has 0 aliphatic carbocycles. The van der Waals surface area contributed by atoms with Crippen LogP contribution in [0.2, 0.25) is 10.0 Å². The zero-order valence-electron chi connectivity index (χ0n) is 9.90. The molecule has 1 aliphatic rings. The third kappa shape index (κ3) is 3.16. The summed E-state index contributed by atoms with van der Waals surface area (Å²) in [5, 5.41) is 10.2. The Bertz CT molecular complexity index is 445. The fourth-order valence-electron chi connectivity index (χ4n) is 2.42. The first-order chi connectivity index (χ1) is 8.58. The van der Waals surface area contributed by atoms with Gasteiger partial charge in [-0.25, -0.2) is 0 Å². The van der Waals surface area contributed by atoms with Crippen molar-refractivity contribution in [2.75, 3.05) is 13.1 Å². The average molecular weight is 288 g/mol. The van der Waals surface area contributed by atoms with E-state index in [0.29, 0.717) is 10.0 Å². The summed E-state index contributed by atoms with van der Waals surface area (Å²) in [7, 11) is 0. The summed E-state index contributed by atoms with van der Waals surface area (Å²) in [6.07, 6.45) is 2.27. The van der Waals surface area contributed by atoms with Crippen LogP contribution in [0.25, 0.3) is 0 Å². The van der Waals surface area contributed by atoms with Crippen LogP contribution in [0.3, 0.4) is 0 Å². The Balaban J connectivity index is 2.31. The van der Waals surface area contributed by atoms with E-state index in [9.17, 15) is 4.79 Å². The van der Waals surface area contributed by atoms with Crippen LogP contribution in [0.1, 0.15) is 30.9 Å². The number of rotatable bonds is 4. The number of hydrogen-bond acceptors (Lipinski definition) is 2. The fourth-order valence-corrected chi connectivity index (χ4v) is 2.85. The molecule has 1 saturated heterocycles. The Morgan fingerprint density at radius 3 is 2.61 bits per heavy atom. The van der Waals surface area contributed by atoms with Gasteiger partial charge in [0.1, 0.15) is 0 Å². The Morgan fingerprint density at radius 2 is 2.00 bits per heavy atom. The summed E-state index contributed by atoms with van der Waals surface area (Å²) in [5.74, 6) is -0.817. The Labute approximate surface area is 116 Å². The maximum absolute atomic E-state index is 11.0. The van der Waals surface area contributed by atoms with Gasteiger partial charge in [-0.05, 0) is 49.7 Å². The maximum Gasteiger partial charge on any atom is 0.305 e. The van der Waals surface area contributed by atoms with Gasteiger partial charge in [0.05, 0.1) is 6.42 Å². The molecule has 0 spiro atoms. The summed E-state index contributed by atoms with van der Waals surface area (Å²) in [5.41, 5.74) is 0.813. The normalized spacial score (nSPS) is 17.9. The Kier molecular flexibility index (Phi) is 4.49. The number of halogens is 2. The second-order valence-corrected chi connectivity index (χ2v) is 5.37. The van der Waals surface area contributed by atoms with Crippen LogP contribution in [0.15, 0.2) is 18.2 Å². The number of benzene rings is 1. The molecule has 98 valence electrons. The smallest absolute Gasteiger partial charge is 0.305 e. The Hall–Kier alpha value is -0.770. The van der Waals surface area contributed by atoms with E-state index in [1.165, 1.54) is 0 Å². The number of carboxylic acids is 1. The molecule has 0 aromatic heterocycles. The van der Waals surface area contributed by atoms with Crippen molar-refractivity contribution in [1.29, 1.82) is 0 Å². The van der Waals surface area contributed by atoms with Crippen LogP contribution in [-0.2, 0) is 4.79 Å². The number of carboxylic acid groups (broad SMARTS) is 1. The predicted octanol–water partition coefficient (Wildman–Crippen LogP) is 3.61. The van der Waals surface area contributed by atoms with Gasteiger partial charge >= 0.3 is 5.97 Å². The lowest BCUT2D eigenvalue weighted by Gasteiger charge is -2.27. The summed E-state index contributed by atoms with van der Waals surface area (Å²) in [6.45, 7) is 1.83. The van der Waals surface area contributed by atoms with E-state index in [1.54, 1.807) is 18.2 Å². The van der Waals surface area contributed by atoms with Gasteiger partial charge in [0.2, 0.25) is 0 Å². The van der Waals surface area contributed by atoms with Crippen molar-refractivity contribution in [3.63, 3.8) is 0 Å². The molecule has 1 atom stereocenters. The molecule has 1 aromatic carbocycles. The van der Waals surface area contributed by atoms with Crippen LogP contribution in [-0.4, -0.2) is 29.1 Å². The zero-order chi connectivity index (χ0) is 13.1. The highest BCUT2D eigenvalue weighted by molar-refractivity contribution is 6.33. The first kappa shape index (κ1) is 13.7. The lowest BCUT2D eigenvalue weighted by Crippen LogP contribution is -2.27. The summed E-state index contributed by atoms with van der Waals surface area (Å²) in [4.78, 5) is 13.2. The van der Waals surface area contributed by atoms with Crippen molar-refractivity contribution in [1.82, 2.24) is 4.90 Å². The summed E-state index contributed by atoms with van der Waals surface area (Å²) >= 11 is 12.2. The van der Waals surface area contributed by atoms with Gasteiger partial charge in [-0.15, -0.1) is 0 Å². The second kappa shape index (κ2) is 5.91. The van der Waals surface area contributed by atoms with Gasteiger partial charge in [-0.2, -0.15) is 0 Å². The first-order valence-electron chi connectivity index (χ1n) is 5.98. The van der Waals surface area contributed by atoms with E-state index < -0.39 is 5.97 Å². The molecule has 1 N–H and O–H groups in total. The molecule has 5 heteroatoms. The van der Waals surface area contributed by atoms with Crippen LogP contribution in [0, 0.1) is 0 Å². The van der Waals surface area contributed by atoms with Gasteiger partial charge in [-0.1, -0.05) is 23.2 Å². The van der Waals surface area contributed by atoms with E-state index in [1.807, 2.05) is 0 Å². The monoisotopic (exact) mass is 287 g/mol. The number of aliphatic carboxylic acids is 1. The summed E-state index contributed by atoms with van der Waals surface area (Å²) in [6, 6.07) is 5.03. The number of carbonyl (C=O) groups is 1. The molecule has 2 rings (SSSR count). The molecule has 0 radical (unpaired) electrons. The molecule has 1 unspecified atom stereocenters. The molecule has 1 aliphatic heterocycles. The second-order valence-electron chi connectivity index (χ2n) is 4.52. The summed E-state index contributed by atoms with van der Waals surface area (Å²) < 4.78 is 0. The zero-order valence-corrected chi connectivity index (χ0v) is 11.4. The van der Waals surface area contributed by atoms with Crippen molar-refractivity contribution >= 4 is 29.2 Å². The number of likely N-dealkylation sites (tertiary alicyclic amines) is 1. The van der Waals surface area contributed by atoms with Crippen molar-refractivity contribution in [3.8, 4) is 0 Å². The molecular weight excluding hydrogens is 273 g/mol. The molecular formula is C13H15Cl2NO2. The number of nitrogens with zero attached hydrogens (tertiary/aromatic N) is 1. The minimum absolute atomic E-state index is 0.0556. The van der Waals surface area contributed by atoms with E-state index in [2.05, 4.69) is 4.90 Å². The van der Waals surface area contributed by atoms with Crippen LogP contribution < -0.4 is 0 Å². The SMILES string of the molecule is O=C(O)CC(c1cc(Cl)ccc1Cl)N1CCCC1. The third-order valence-electron chi connectivity index (χ3n) is 3.27. The highest BCUT2D eigenvalue weighted by Gasteiger charge is 2.27. The molecule has 0 bridgehead atoms. The van der Waals surface area contributed by atoms with Crippen LogP contribution in [0.4, 0.5) is 0 Å². The fraction of sp³-hybridized carbons (Fsp3) is 0.462. The van der Waals surface area contributed by atoms with Crippen molar-refractivity contribution in [2.45, 2.75) is 25.3 Å². The standard InChI is InChI=1S/C13H15Cl2NO2/c14-9-3-4-11(15)10(7-9)12(8-13(17)18)16-5-1-2-6-16/h3-4,7,12H,1-2,5-6,8H2,(H,17,18). The van der Waals surface area contributed by atoms with Crippen molar-refractivity contribution in [2.24, 2.45) is 0 Å². The maximum atomic E-state index is 11.0. The van der Waals surface area contributed by atoms with E-state index in [0.717, 1.165) is 31.5 Å². The molecule has 1 aromatic rings. The highest BCUT2D eigenvalue weighted by Crippen LogP contribution is 2.34. The van der Waals surface area contributed by atoms with Crippen molar-refractivity contribution in [3.05, 3.63) is 33.8 Å². The largest absolute Gasteiger partial charge is 0.481 e.